The highest BCUT2D eigenvalue weighted by Gasteiger charge is 2.19. The number of carbonyl (C=O) groups is 1. The molecule has 106 valence electrons. The summed E-state index contributed by atoms with van der Waals surface area (Å²) < 4.78 is 0. The van der Waals surface area contributed by atoms with Gasteiger partial charge in [0.1, 0.15) is 11.5 Å². The van der Waals surface area contributed by atoms with Crippen LogP contribution < -0.4 is 5.32 Å². The van der Waals surface area contributed by atoms with Gasteiger partial charge in [0.2, 0.25) is 0 Å². The second kappa shape index (κ2) is 6.07. The van der Waals surface area contributed by atoms with Crippen molar-refractivity contribution in [1.82, 2.24) is 15.3 Å². The maximum absolute atomic E-state index is 11.9. The number of H-pyrrole nitrogens is 1. The summed E-state index contributed by atoms with van der Waals surface area (Å²) in [4.78, 5) is 18.8. The number of imidazole rings is 1. The number of nitrogens with one attached hydrogen (secondary N) is 2. The van der Waals surface area contributed by atoms with E-state index in [-0.39, 0.29) is 5.91 Å². The van der Waals surface area contributed by atoms with Gasteiger partial charge < -0.3 is 15.4 Å². The van der Waals surface area contributed by atoms with Crippen LogP contribution >= 0.6 is 11.6 Å². The Morgan fingerprint density at radius 2 is 2.05 bits per heavy atom. The van der Waals surface area contributed by atoms with E-state index in [4.69, 9.17) is 11.6 Å². The first-order valence-electron chi connectivity index (χ1n) is 6.23. The number of aliphatic hydroxyl groups is 1. The highest BCUT2D eigenvalue weighted by molar-refractivity contribution is 6.30. The van der Waals surface area contributed by atoms with Gasteiger partial charge in [0.25, 0.3) is 5.91 Å². The van der Waals surface area contributed by atoms with Crippen LogP contribution in [0, 0.1) is 6.92 Å². The lowest BCUT2D eigenvalue weighted by molar-refractivity contribution is 0.0847. The number of nitrogens with zero attached hydrogens (tertiary/aromatic N) is 1. The number of carbonyl (C=O) groups excluding carboxylic acids is 1. The third-order valence-electron chi connectivity index (χ3n) is 2.99. The minimum atomic E-state index is -0.805. The van der Waals surface area contributed by atoms with Crippen molar-refractivity contribution in [3.05, 3.63) is 52.6 Å². The van der Waals surface area contributed by atoms with Crippen LogP contribution in [0.2, 0.25) is 5.02 Å². The Hall–Kier alpha value is -1.85. The lowest BCUT2D eigenvalue weighted by Gasteiger charge is -2.20. The average Bonchev–Trinajstić information content (AvgIpc) is 2.85. The molecule has 2 rings (SSSR count). The van der Waals surface area contributed by atoms with Gasteiger partial charge in [-0.2, -0.15) is 0 Å². The lowest BCUT2D eigenvalue weighted by atomic mass is 10.0. The molecule has 5 nitrogen and oxygen atoms in total. The number of halogens is 1. The monoisotopic (exact) mass is 293 g/mol. The molecule has 1 aromatic heterocycles. The second-order valence-corrected chi connectivity index (χ2v) is 5.08. The first kappa shape index (κ1) is 14.6. The van der Waals surface area contributed by atoms with Crippen molar-refractivity contribution in [2.45, 2.75) is 26.0 Å². The van der Waals surface area contributed by atoms with Crippen LogP contribution in [0.1, 0.15) is 34.9 Å². The van der Waals surface area contributed by atoms with Crippen molar-refractivity contribution in [2.75, 3.05) is 0 Å². The molecule has 0 aliphatic rings. The minimum absolute atomic E-state index is 0.300. The Morgan fingerprint density at radius 3 is 2.60 bits per heavy atom. The van der Waals surface area contributed by atoms with Crippen LogP contribution in [0.3, 0.4) is 0 Å². The molecular weight excluding hydrogens is 278 g/mol. The molecule has 3 N–H and O–H groups in total. The molecule has 0 bridgehead atoms. The van der Waals surface area contributed by atoms with Crippen LogP contribution in [-0.4, -0.2) is 27.0 Å². The number of rotatable bonds is 4. The van der Waals surface area contributed by atoms with Crippen molar-refractivity contribution in [1.29, 1.82) is 0 Å². The number of aryl methyl sites for hydroxylation is 1. The molecule has 1 heterocycles. The van der Waals surface area contributed by atoms with Crippen molar-refractivity contribution in [3.8, 4) is 0 Å². The van der Waals surface area contributed by atoms with E-state index >= 15 is 0 Å². The van der Waals surface area contributed by atoms with E-state index in [0.717, 1.165) is 0 Å². The SMILES string of the molecule is Cc1ncc(C(=O)N[C@H](C)[C@H](O)c2ccc(Cl)cc2)[nH]1. The van der Waals surface area contributed by atoms with E-state index in [0.29, 0.717) is 22.1 Å². The van der Waals surface area contributed by atoms with E-state index < -0.39 is 12.1 Å². The van der Waals surface area contributed by atoms with Gasteiger partial charge in [0, 0.05) is 5.02 Å². The van der Waals surface area contributed by atoms with E-state index in [1.165, 1.54) is 6.20 Å². The Morgan fingerprint density at radius 1 is 1.40 bits per heavy atom. The predicted octanol–water partition coefficient (Wildman–Crippen LogP) is 2.22. The van der Waals surface area contributed by atoms with Gasteiger partial charge in [0.05, 0.1) is 18.3 Å². The van der Waals surface area contributed by atoms with E-state index in [2.05, 4.69) is 15.3 Å². The van der Waals surface area contributed by atoms with Crippen LogP contribution in [0.25, 0.3) is 0 Å². The summed E-state index contributed by atoms with van der Waals surface area (Å²) in [6.45, 7) is 3.50. The zero-order valence-electron chi connectivity index (χ0n) is 11.2. The van der Waals surface area contributed by atoms with Gasteiger partial charge in [-0.15, -0.1) is 0 Å². The van der Waals surface area contributed by atoms with E-state index in [1.807, 2.05) is 0 Å². The van der Waals surface area contributed by atoms with Crippen molar-refractivity contribution >= 4 is 17.5 Å². The topological polar surface area (TPSA) is 78.0 Å². The maximum Gasteiger partial charge on any atom is 0.269 e. The Bertz CT molecular complexity index is 595. The molecule has 0 radical (unpaired) electrons. The summed E-state index contributed by atoms with van der Waals surface area (Å²) in [6.07, 6.45) is 0.659. The van der Waals surface area contributed by atoms with Crippen molar-refractivity contribution in [3.63, 3.8) is 0 Å². The standard InChI is InChI=1S/C14H16ClN3O2/c1-8(13(19)10-3-5-11(15)6-4-10)17-14(20)12-7-16-9(2)18-12/h3-8,13,19H,1-2H3,(H,16,18)(H,17,20)/t8-,13+/m1/s1. The van der Waals surface area contributed by atoms with Gasteiger partial charge in [-0.25, -0.2) is 4.98 Å². The third kappa shape index (κ3) is 3.37. The summed E-state index contributed by atoms with van der Waals surface area (Å²) in [5, 5.41) is 13.5. The molecule has 0 saturated carbocycles. The summed E-state index contributed by atoms with van der Waals surface area (Å²) in [5.74, 6) is 0.368. The summed E-state index contributed by atoms with van der Waals surface area (Å²) >= 11 is 5.80. The highest BCUT2D eigenvalue weighted by Crippen LogP contribution is 2.19. The van der Waals surface area contributed by atoms with Crippen molar-refractivity contribution in [2.24, 2.45) is 0 Å². The smallest absolute Gasteiger partial charge is 0.269 e. The molecule has 0 unspecified atom stereocenters. The van der Waals surface area contributed by atoms with Crippen LogP contribution in [0.4, 0.5) is 0 Å². The molecule has 0 fully saturated rings. The molecule has 2 atom stereocenters. The number of aromatic nitrogens is 2. The summed E-state index contributed by atoms with van der Waals surface area (Å²) in [7, 11) is 0. The highest BCUT2D eigenvalue weighted by atomic mass is 35.5. The number of hydrogen-bond acceptors (Lipinski definition) is 3. The first-order chi connectivity index (χ1) is 9.47. The number of aromatic amines is 1. The fraction of sp³-hybridized carbons (Fsp3) is 0.286. The minimum Gasteiger partial charge on any atom is -0.386 e. The predicted molar refractivity (Wildman–Crippen MR) is 76.7 cm³/mol. The van der Waals surface area contributed by atoms with Gasteiger partial charge in [0.15, 0.2) is 0 Å². The number of amides is 1. The van der Waals surface area contributed by atoms with Gasteiger partial charge in [-0.1, -0.05) is 23.7 Å². The Kier molecular flexibility index (Phi) is 4.42. The first-order valence-corrected chi connectivity index (χ1v) is 6.61. The van der Waals surface area contributed by atoms with Gasteiger partial charge in [-0.3, -0.25) is 4.79 Å². The Balaban J connectivity index is 2.02. The molecule has 6 heteroatoms. The fourth-order valence-corrected chi connectivity index (χ4v) is 1.97. The lowest BCUT2D eigenvalue weighted by Crippen LogP contribution is -2.37. The maximum atomic E-state index is 11.9. The number of hydrogen-bond donors (Lipinski definition) is 3. The second-order valence-electron chi connectivity index (χ2n) is 4.64. The summed E-state index contributed by atoms with van der Waals surface area (Å²) in [6, 6.07) is 6.43. The van der Waals surface area contributed by atoms with Crippen LogP contribution in [0.5, 0.6) is 0 Å². The third-order valence-corrected chi connectivity index (χ3v) is 3.24. The molecule has 0 aliphatic carbocycles. The number of aliphatic hydroxyl groups excluding tert-OH is 1. The summed E-state index contributed by atoms with van der Waals surface area (Å²) in [5.41, 5.74) is 1.07. The van der Waals surface area contributed by atoms with Crippen molar-refractivity contribution < 1.29 is 9.90 Å². The molecular formula is C14H16ClN3O2. The fourth-order valence-electron chi connectivity index (χ4n) is 1.85. The molecule has 20 heavy (non-hydrogen) atoms. The van der Waals surface area contributed by atoms with Gasteiger partial charge >= 0.3 is 0 Å². The molecule has 1 amide bonds. The van der Waals surface area contributed by atoms with E-state index in [1.54, 1.807) is 38.1 Å². The molecule has 1 aromatic carbocycles. The Labute approximate surface area is 122 Å². The number of benzene rings is 1. The average molecular weight is 294 g/mol. The largest absolute Gasteiger partial charge is 0.386 e. The van der Waals surface area contributed by atoms with Crippen LogP contribution in [-0.2, 0) is 0 Å². The van der Waals surface area contributed by atoms with Gasteiger partial charge in [-0.05, 0) is 31.5 Å². The molecule has 0 spiro atoms. The van der Waals surface area contributed by atoms with Crippen LogP contribution in [0.15, 0.2) is 30.5 Å². The zero-order chi connectivity index (χ0) is 14.7. The zero-order valence-corrected chi connectivity index (χ0v) is 12.0. The molecule has 0 aliphatic heterocycles. The quantitative estimate of drug-likeness (QED) is 0.809. The molecule has 0 saturated heterocycles. The van der Waals surface area contributed by atoms with E-state index in [9.17, 15) is 9.90 Å². The molecule has 2 aromatic rings. The normalized spacial score (nSPS) is 13.8.